The van der Waals surface area contributed by atoms with Gasteiger partial charge in [0.2, 0.25) is 0 Å². The van der Waals surface area contributed by atoms with E-state index in [1.165, 1.54) is 4.68 Å². The summed E-state index contributed by atoms with van der Waals surface area (Å²) in [6, 6.07) is 0. The van der Waals surface area contributed by atoms with E-state index in [1.807, 2.05) is 19.0 Å². The Bertz CT molecular complexity index is 461. The third-order valence-electron chi connectivity index (χ3n) is 2.79. The summed E-state index contributed by atoms with van der Waals surface area (Å²) in [6.07, 6.45) is 2.81. The first-order valence-corrected chi connectivity index (χ1v) is 7.70. The molecule has 0 spiro atoms. The Balaban J connectivity index is 2.57. The number of nitrogens with zero attached hydrogens (tertiary/aromatic N) is 3. The van der Waals surface area contributed by atoms with Gasteiger partial charge in [0.05, 0.1) is 18.4 Å². The zero-order valence-corrected chi connectivity index (χ0v) is 14.0. The molecular weight excluding hydrogens is 322 g/mol. The average Bonchev–Trinajstić information content (AvgIpc) is 2.42. The average molecular weight is 346 g/mol. The number of halogens is 1. The van der Waals surface area contributed by atoms with Gasteiger partial charge in [-0.3, -0.25) is 4.79 Å². The molecule has 1 aromatic rings. The first-order valence-electron chi connectivity index (χ1n) is 6.91. The van der Waals surface area contributed by atoms with Crippen LogP contribution >= 0.6 is 15.9 Å². The Labute approximate surface area is 128 Å². The van der Waals surface area contributed by atoms with E-state index in [1.54, 1.807) is 6.20 Å². The van der Waals surface area contributed by atoms with Crippen molar-refractivity contribution >= 4 is 21.6 Å². The lowest BCUT2D eigenvalue weighted by Crippen LogP contribution is -2.30. The number of hydrogen-bond donors (Lipinski definition) is 2. The van der Waals surface area contributed by atoms with E-state index in [4.69, 9.17) is 0 Å². The molecule has 1 aromatic heterocycles. The van der Waals surface area contributed by atoms with Gasteiger partial charge in [0.25, 0.3) is 5.56 Å². The van der Waals surface area contributed by atoms with Crippen LogP contribution in [0, 0.1) is 0 Å². The van der Waals surface area contributed by atoms with Gasteiger partial charge in [0, 0.05) is 19.6 Å². The Morgan fingerprint density at radius 1 is 1.35 bits per heavy atom. The molecule has 1 rings (SSSR count). The van der Waals surface area contributed by atoms with Gasteiger partial charge in [-0.05, 0) is 43.0 Å². The molecule has 0 bridgehead atoms. The van der Waals surface area contributed by atoms with Gasteiger partial charge in [0.15, 0.2) is 0 Å². The van der Waals surface area contributed by atoms with Crippen molar-refractivity contribution < 1.29 is 0 Å². The molecule has 6 nitrogen and oxygen atoms in total. The summed E-state index contributed by atoms with van der Waals surface area (Å²) in [7, 11) is 3.94. The van der Waals surface area contributed by atoms with Crippen LogP contribution in [0.15, 0.2) is 15.5 Å². The Hall–Kier alpha value is -0.920. The quantitative estimate of drug-likeness (QED) is 0.653. The summed E-state index contributed by atoms with van der Waals surface area (Å²) in [5, 5.41) is 10.7. The van der Waals surface area contributed by atoms with E-state index >= 15 is 0 Å². The maximum Gasteiger partial charge on any atom is 0.283 e. The van der Waals surface area contributed by atoms with Gasteiger partial charge in [-0.15, -0.1) is 0 Å². The highest BCUT2D eigenvalue weighted by Gasteiger charge is 2.08. The molecule has 0 saturated heterocycles. The predicted octanol–water partition coefficient (Wildman–Crippen LogP) is 0.979. The Morgan fingerprint density at radius 3 is 2.75 bits per heavy atom. The van der Waals surface area contributed by atoms with Crippen molar-refractivity contribution in [2.45, 2.75) is 19.9 Å². The minimum atomic E-state index is -0.0987. The summed E-state index contributed by atoms with van der Waals surface area (Å²) < 4.78 is 2.02. The molecule has 0 amide bonds. The van der Waals surface area contributed by atoms with E-state index in [2.05, 4.69) is 38.6 Å². The van der Waals surface area contributed by atoms with Crippen molar-refractivity contribution in [1.82, 2.24) is 20.0 Å². The van der Waals surface area contributed by atoms with Gasteiger partial charge in [-0.2, -0.15) is 5.10 Å². The third-order valence-corrected chi connectivity index (χ3v) is 3.55. The van der Waals surface area contributed by atoms with Gasteiger partial charge in [-0.25, -0.2) is 4.68 Å². The number of aromatic nitrogens is 2. The Kier molecular flexibility index (Phi) is 7.79. The maximum absolute atomic E-state index is 12.1. The maximum atomic E-state index is 12.1. The molecule has 0 aliphatic rings. The molecule has 0 aromatic carbocycles. The van der Waals surface area contributed by atoms with Crippen molar-refractivity contribution in [1.29, 1.82) is 0 Å². The molecule has 114 valence electrons. The van der Waals surface area contributed by atoms with Crippen LogP contribution in [0.2, 0.25) is 0 Å². The zero-order valence-electron chi connectivity index (χ0n) is 12.4. The molecule has 0 aliphatic heterocycles. The minimum absolute atomic E-state index is 0.0987. The molecular formula is C13H24BrN5O. The van der Waals surface area contributed by atoms with Crippen molar-refractivity contribution in [3.8, 4) is 0 Å². The van der Waals surface area contributed by atoms with E-state index in [0.717, 1.165) is 38.3 Å². The number of nitrogens with one attached hydrogen (secondary N) is 2. The molecule has 0 aliphatic carbocycles. The standard InChI is InChI=1S/C13H24BrN5O/c1-4-5-15-6-7-16-11-10-17-19(9-8-18(2)3)13(20)12(11)14/h10,15-16H,4-9H2,1-3H3. The predicted molar refractivity (Wildman–Crippen MR) is 86.4 cm³/mol. The van der Waals surface area contributed by atoms with Gasteiger partial charge in [-0.1, -0.05) is 6.92 Å². The molecule has 0 saturated carbocycles. The van der Waals surface area contributed by atoms with Crippen LogP contribution in [0.1, 0.15) is 13.3 Å². The van der Waals surface area contributed by atoms with E-state index < -0.39 is 0 Å². The molecule has 7 heteroatoms. The van der Waals surface area contributed by atoms with Crippen molar-refractivity contribution in [2.75, 3.05) is 45.6 Å². The lowest BCUT2D eigenvalue weighted by atomic mass is 10.4. The van der Waals surface area contributed by atoms with Crippen molar-refractivity contribution in [3.05, 3.63) is 21.0 Å². The SMILES string of the molecule is CCCNCCNc1cnn(CCN(C)C)c(=O)c1Br. The summed E-state index contributed by atoms with van der Waals surface area (Å²) in [5.74, 6) is 0. The highest BCUT2D eigenvalue weighted by atomic mass is 79.9. The normalized spacial score (nSPS) is 11.1. The minimum Gasteiger partial charge on any atom is -0.381 e. The topological polar surface area (TPSA) is 62.2 Å². The highest BCUT2D eigenvalue weighted by molar-refractivity contribution is 9.10. The van der Waals surface area contributed by atoms with Crippen LogP contribution in [0.3, 0.4) is 0 Å². The van der Waals surface area contributed by atoms with Gasteiger partial charge < -0.3 is 15.5 Å². The molecule has 0 atom stereocenters. The highest BCUT2D eigenvalue weighted by Crippen LogP contribution is 2.15. The second-order valence-electron chi connectivity index (χ2n) is 4.88. The van der Waals surface area contributed by atoms with Crippen LogP contribution < -0.4 is 16.2 Å². The fourth-order valence-electron chi connectivity index (χ4n) is 1.63. The lowest BCUT2D eigenvalue weighted by molar-refractivity contribution is 0.367. The number of rotatable bonds is 9. The van der Waals surface area contributed by atoms with Gasteiger partial charge in [0.1, 0.15) is 4.47 Å². The second-order valence-corrected chi connectivity index (χ2v) is 5.67. The Morgan fingerprint density at radius 2 is 2.10 bits per heavy atom. The molecule has 2 N–H and O–H groups in total. The van der Waals surface area contributed by atoms with Gasteiger partial charge >= 0.3 is 0 Å². The second kappa shape index (κ2) is 9.10. The lowest BCUT2D eigenvalue weighted by Gasteiger charge is -2.13. The first-order chi connectivity index (χ1) is 9.56. The van der Waals surface area contributed by atoms with E-state index in [-0.39, 0.29) is 5.56 Å². The van der Waals surface area contributed by atoms with Crippen LogP contribution in [-0.2, 0) is 6.54 Å². The summed E-state index contributed by atoms with van der Waals surface area (Å²) >= 11 is 3.35. The third kappa shape index (κ3) is 5.60. The monoisotopic (exact) mass is 345 g/mol. The number of hydrogen-bond acceptors (Lipinski definition) is 5. The van der Waals surface area contributed by atoms with Crippen LogP contribution in [0.25, 0.3) is 0 Å². The fraction of sp³-hybridized carbons (Fsp3) is 0.692. The van der Waals surface area contributed by atoms with Crippen LogP contribution in [0.5, 0.6) is 0 Å². The summed E-state index contributed by atoms with van der Waals surface area (Å²) in [6.45, 7) is 6.14. The van der Waals surface area contributed by atoms with E-state index in [9.17, 15) is 4.79 Å². The number of likely N-dealkylation sites (N-methyl/N-ethyl adjacent to an activating group) is 1. The molecule has 0 fully saturated rings. The smallest absolute Gasteiger partial charge is 0.283 e. The molecule has 0 unspecified atom stereocenters. The first kappa shape index (κ1) is 17.1. The molecule has 0 radical (unpaired) electrons. The van der Waals surface area contributed by atoms with Crippen LogP contribution in [0.4, 0.5) is 5.69 Å². The van der Waals surface area contributed by atoms with Crippen molar-refractivity contribution in [3.63, 3.8) is 0 Å². The van der Waals surface area contributed by atoms with Crippen LogP contribution in [-0.4, -0.2) is 55.0 Å². The summed E-state index contributed by atoms with van der Waals surface area (Å²) in [4.78, 5) is 14.1. The summed E-state index contributed by atoms with van der Waals surface area (Å²) in [5.41, 5.74) is 0.646. The zero-order chi connectivity index (χ0) is 15.0. The largest absolute Gasteiger partial charge is 0.381 e. The molecule has 1 heterocycles. The fourth-order valence-corrected chi connectivity index (χ4v) is 2.08. The van der Waals surface area contributed by atoms with Crippen molar-refractivity contribution in [2.24, 2.45) is 0 Å². The number of anilines is 1. The van der Waals surface area contributed by atoms with E-state index in [0.29, 0.717) is 11.0 Å². The molecule has 20 heavy (non-hydrogen) atoms.